The lowest BCUT2D eigenvalue weighted by molar-refractivity contribution is -0.141. The zero-order chi connectivity index (χ0) is 13.3. The van der Waals surface area contributed by atoms with E-state index in [1.807, 2.05) is 0 Å². The molecule has 0 radical (unpaired) electrons. The number of hydrogen-bond donors (Lipinski definition) is 2. The molecule has 18 heavy (non-hydrogen) atoms. The summed E-state index contributed by atoms with van der Waals surface area (Å²) in [5.74, 6) is -0.494. The van der Waals surface area contributed by atoms with Gasteiger partial charge < -0.3 is 20.0 Å². The average Bonchev–Trinajstić information content (AvgIpc) is 2.64. The molecule has 2 unspecified atom stereocenters. The van der Waals surface area contributed by atoms with Gasteiger partial charge in [-0.25, -0.2) is 9.59 Å². The van der Waals surface area contributed by atoms with Gasteiger partial charge in [0.25, 0.3) is 0 Å². The zero-order valence-corrected chi connectivity index (χ0v) is 10.6. The van der Waals surface area contributed by atoms with Crippen molar-refractivity contribution in [2.75, 3.05) is 20.1 Å². The van der Waals surface area contributed by atoms with Gasteiger partial charge in [0.05, 0.1) is 6.10 Å². The van der Waals surface area contributed by atoms with Crippen LogP contribution >= 0.6 is 0 Å². The van der Waals surface area contributed by atoms with Crippen molar-refractivity contribution in [3.63, 3.8) is 0 Å². The first-order chi connectivity index (χ1) is 8.49. The lowest BCUT2D eigenvalue weighted by Gasteiger charge is -2.33. The summed E-state index contributed by atoms with van der Waals surface area (Å²) in [4.78, 5) is 26.1. The van der Waals surface area contributed by atoms with Gasteiger partial charge in [-0.2, -0.15) is 0 Å². The fraction of sp³-hybridized carbons (Fsp3) is 0.833. The summed E-state index contributed by atoms with van der Waals surface area (Å²) < 4.78 is 0. The minimum Gasteiger partial charge on any atom is -0.480 e. The van der Waals surface area contributed by atoms with Gasteiger partial charge >= 0.3 is 12.0 Å². The van der Waals surface area contributed by atoms with Gasteiger partial charge in [-0.05, 0) is 18.8 Å². The van der Waals surface area contributed by atoms with Crippen LogP contribution in [0.15, 0.2) is 0 Å². The number of aliphatic hydroxyl groups is 1. The highest BCUT2D eigenvalue weighted by molar-refractivity contribution is 5.83. The van der Waals surface area contributed by atoms with Gasteiger partial charge in [0, 0.05) is 26.6 Å². The Morgan fingerprint density at radius 3 is 2.56 bits per heavy atom. The van der Waals surface area contributed by atoms with Gasteiger partial charge in [-0.1, -0.05) is 6.42 Å². The summed E-state index contributed by atoms with van der Waals surface area (Å²) in [6.07, 6.45) is 2.89. The first-order valence-electron chi connectivity index (χ1n) is 6.41. The Morgan fingerprint density at radius 1 is 1.39 bits per heavy atom. The molecule has 2 N–H and O–H groups in total. The number of hydrogen-bond acceptors (Lipinski definition) is 3. The van der Waals surface area contributed by atoms with Gasteiger partial charge in [-0.3, -0.25) is 0 Å². The van der Waals surface area contributed by atoms with Crippen LogP contribution in [0.4, 0.5) is 4.79 Å². The highest BCUT2D eigenvalue weighted by Crippen LogP contribution is 2.27. The monoisotopic (exact) mass is 256 g/mol. The number of amides is 2. The molecule has 2 rings (SSSR count). The van der Waals surface area contributed by atoms with Crippen molar-refractivity contribution < 1.29 is 19.8 Å². The van der Waals surface area contributed by atoms with Crippen LogP contribution in [-0.2, 0) is 4.79 Å². The molecule has 2 atom stereocenters. The molecule has 1 heterocycles. The van der Waals surface area contributed by atoms with E-state index in [-0.39, 0.29) is 19.0 Å². The van der Waals surface area contributed by atoms with E-state index >= 15 is 0 Å². The second-order valence-electron chi connectivity index (χ2n) is 5.36. The van der Waals surface area contributed by atoms with E-state index in [0.29, 0.717) is 12.5 Å². The quantitative estimate of drug-likeness (QED) is 0.764. The molecule has 0 aromatic heterocycles. The lowest BCUT2D eigenvalue weighted by Crippen LogP contribution is -2.48. The van der Waals surface area contributed by atoms with E-state index in [1.54, 1.807) is 11.9 Å². The fourth-order valence-corrected chi connectivity index (χ4v) is 2.62. The highest BCUT2D eigenvalue weighted by atomic mass is 16.4. The molecule has 0 bridgehead atoms. The molecule has 1 saturated carbocycles. The number of carbonyl (C=O) groups excluding carboxylic acids is 1. The van der Waals surface area contributed by atoms with E-state index in [2.05, 4.69) is 0 Å². The van der Waals surface area contributed by atoms with Crippen LogP contribution in [0.1, 0.15) is 25.7 Å². The number of likely N-dealkylation sites (tertiary alicyclic amines) is 1. The van der Waals surface area contributed by atoms with Crippen LogP contribution in [0.2, 0.25) is 0 Å². The van der Waals surface area contributed by atoms with E-state index in [1.165, 1.54) is 11.3 Å². The molecular formula is C12H20N2O4. The third-order valence-corrected chi connectivity index (χ3v) is 3.89. The van der Waals surface area contributed by atoms with Crippen molar-refractivity contribution in [1.82, 2.24) is 9.80 Å². The highest BCUT2D eigenvalue weighted by Gasteiger charge is 2.40. The number of nitrogens with zero attached hydrogens (tertiary/aromatic N) is 2. The minimum atomic E-state index is -1.04. The Kier molecular flexibility index (Phi) is 3.75. The van der Waals surface area contributed by atoms with Crippen LogP contribution in [0.25, 0.3) is 0 Å². The van der Waals surface area contributed by atoms with Crippen LogP contribution in [0.3, 0.4) is 0 Å². The lowest BCUT2D eigenvalue weighted by atomic mass is 9.85. The molecule has 1 saturated heterocycles. The largest absolute Gasteiger partial charge is 0.480 e. The van der Waals surface area contributed by atoms with Crippen molar-refractivity contribution in [3.8, 4) is 0 Å². The molecule has 102 valence electrons. The molecule has 1 aliphatic carbocycles. The average molecular weight is 256 g/mol. The Labute approximate surface area is 106 Å². The Balaban J connectivity index is 1.95. The molecular weight excluding hydrogens is 236 g/mol. The van der Waals surface area contributed by atoms with Crippen molar-refractivity contribution >= 4 is 12.0 Å². The summed E-state index contributed by atoms with van der Waals surface area (Å²) in [6, 6.07) is -1.18. The number of carboxylic acids is 1. The van der Waals surface area contributed by atoms with E-state index < -0.39 is 18.1 Å². The molecule has 0 spiro atoms. The van der Waals surface area contributed by atoms with Crippen LogP contribution in [0, 0.1) is 5.92 Å². The predicted molar refractivity (Wildman–Crippen MR) is 64.1 cm³/mol. The SMILES string of the molecule is CN(CC1CCC1)C(=O)N1CC(O)CC1C(=O)O. The number of aliphatic carboxylic acids is 1. The number of carbonyl (C=O) groups is 2. The Bertz CT molecular complexity index is 343. The van der Waals surface area contributed by atoms with Gasteiger partial charge in [-0.15, -0.1) is 0 Å². The van der Waals surface area contributed by atoms with Crippen LogP contribution < -0.4 is 0 Å². The maximum absolute atomic E-state index is 12.2. The molecule has 6 heteroatoms. The molecule has 2 aliphatic rings. The normalized spacial score (nSPS) is 28.0. The zero-order valence-electron chi connectivity index (χ0n) is 10.6. The van der Waals surface area contributed by atoms with Crippen molar-refractivity contribution in [2.45, 2.75) is 37.8 Å². The summed E-state index contributed by atoms with van der Waals surface area (Å²) >= 11 is 0. The van der Waals surface area contributed by atoms with Crippen LogP contribution in [0.5, 0.6) is 0 Å². The first-order valence-corrected chi connectivity index (χ1v) is 6.41. The fourth-order valence-electron chi connectivity index (χ4n) is 2.62. The summed E-state index contributed by atoms with van der Waals surface area (Å²) in [7, 11) is 1.70. The molecule has 2 amide bonds. The molecule has 2 fully saturated rings. The number of β-amino-alcohol motifs (C(OH)–C–C–N with tert-alkyl or cyclic N) is 1. The van der Waals surface area contributed by atoms with Gasteiger partial charge in [0.15, 0.2) is 0 Å². The first kappa shape index (κ1) is 13.1. The minimum absolute atomic E-state index is 0.116. The molecule has 0 aromatic carbocycles. The van der Waals surface area contributed by atoms with Crippen molar-refractivity contribution in [1.29, 1.82) is 0 Å². The topological polar surface area (TPSA) is 81.1 Å². The maximum atomic E-state index is 12.2. The third kappa shape index (κ3) is 2.58. The Morgan fingerprint density at radius 2 is 2.06 bits per heavy atom. The Hall–Kier alpha value is -1.30. The maximum Gasteiger partial charge on any atom is 0.326 e. The van der Waals surface area contributed by atoms with Crippen LogP contribution in [-0.4, -0.2) is 64.3 Å². The summed E-state index contributed by atoms with van der Waals surface area (Å²) in [5, 5.41) is 18.6. The third-order valence-electron chi connectivity index (χ3n) is 3.89. The second-order valence-corrected chi connectivity index (χ2v) is 5.36. The van der Waals surface area contributed by atoms with Gasteiger partial charge in [0.1, 0.15) is 6.04 Å². The van der Waals surface area contributed by atoms with E-state index in [4.69, 9.17) is 5.11 Å². The summed E-state index contributed by atoms with van der Waals surface area (Å²) in [6.45, 7) is 0.794. The number of rotatable bonds is 3. The molecule has 1 aliphatic heterocycles. The van der Waals surface area contributed by atoms with E-state index in [9.17, 15) is 14.7 Å². The number of urea groups is 1. The smallest absolute Gasteiger partial charge is 0.326 e. The van der Waals surface area contributed by atoms with Crippen molar-refractivity contribution in [3.05, 3.63) is 0 Å². The predicted octanol–water partition coefficient (Wildman–Crippen LogP) is 0.358. The summed E-state index contributed by atoms with van der Waals surface area (Å²) in [5.41, 5.74) is 0. The number of aliphatic hydroxyl groups excluding tert-OH is 1. The van der Waals surface area contributed by atoms with Crippen molar-refractivity contribution in [2.24, 2.45) is 5.92 Å². The number of carboxylic acid groups (broad SMARTS) is 1. The standard InChI is InChI=1S/C12H20N2O4/c1-13(6-8-3-2-4-8)12(18)14-7-9(15)5-10(14)11(16)17/h8-10,15H,2-7H2,1H3,(H,16,17). The molecule has 0 aromatic rings. The second kappa shape index (κ2) is 5.14. The van der Waals surface area contributed by atoms with E-state index in [0.717, 1.165) is 12.8 Å². The molecule has 6 nitrogen and oxygen atoms in total. The van der Waals surface area contributed by atoms with Gasteiger partial charge in [0.2, 0.25) is 0 Å².